The average molecular weight is 297 g/mol. The first kappa shape index (κ1) is 18.1. The van der Waals surface area contributed by atoms with Gasteiger partial charge in [0.25, 0.3) is 0 Å². The third-order valence-corrected chi connectivity index (χ3v) is 4.40. The fourth-order valence-electron chi connectivity index (χ4n) is 3.08. The Morgan fingerprint density at radius 1 is 1.19 bits per heavy atom. The van der Waals surface area contributed by atoms with Crippen molar-refractivity contribution in [3.63, 3.8) is 0 Å². The highest BCUT2D eigenvalue weighted by molar-refractivity contribution is 6.05. The van der Waals surface area contributed by atoms with E-state index in [1.807, 2.05) is 13.8 Å². The number of likely N-dealkylation sites (tertiary alicyclic amines) is 1. The van der Waals surface area contributed by atoms with Gasteiger partial charge in [-0.3, -0.25) is 14.5 Å². The van der Waals surface area contributed by atoms with Gasteiger partial charge in [0.2, 0.25) is 11.8 Å². The zero-order chi connectivity index (χ0) is 16.0. The number of amides is 2. The fraction of sp³-hybridized carbons (Fsp3) is 0.875. The average Bonchev–Trinajstić information content (AvgIpc) is 2.73. The molecule has 1 N–H and O–H groups in total. The van der Waals surface area contributed by atoms with Crippen LogP contribution in [0.2, 0.25) is 0 Å². The summed E-state index contributed by atoms with van der Waals surface area (Å²) >= 11 is 0. The van der Waals surface area contributed by atoms with E-state index in [0.29, 0.717) is 6.42 Å². The lowest BCUT2D eigenvalue weighted by molar-refractivity contribution is -0.141. The van der Waals surface area contributed by atoms with Crippen LogP contribution in [0.3, 0.4) is 0 Å². The number of likely N-dealkylation sites (N-methyl/N-ethyl adjacent to an activating group) is 1. The highest BCUT2D eigenvalue weighted by Crippen LogP contribution is 2.20. The second kappa shape index (κ2) is 8.49. The van der Waals surface area contributed by atoms with Crippen LogP contribution in [0.4, 0.5) is 0 Å². The standard InChI is InChI=1S/C16H31N3O2/c1-6-13(7-2)19-15(20)10-14(16(19)21)17-12(5)11-18(8-3)9-4/h12-14,17H,6-11H2,1-5H3. The largest absolute Gasteiger partial charge is 0.302 e. The predicted molar refractivity (Wildman–Crippen MR) is 85.0 cm³/mol. The summed E-state index contributed by atoms with van der Waals surface area (Å²) in [6.45, 7) is 13.3. The van der Waals surface area contributed by atoms with Crippen LogP contribution in [-0.2, 0) is 9.59 Å². The van der Waals surface area contributed by atoms with Crippen molar-refractivity contribution in [3.05, 3.63) is 0 Å². The summed E-state index contributed by atoms with van der Waals surface area (Å²) in [5.41, 5.74) is 0. The van der Waals surface area contributed by atoms with Crippen molar-refractivity contribution in [2.24, 2.45) is 0 Å². The maximum absolute atomic E-state index is 12.5. The molecule has 0 saturated carbocycles. The van der Waals surface area contributed by atoms with Crippen molar-refractivity contribution in [3.8, 4) is 0 Å². The van der Waals surface area contributed by atoms with E-state index < -0.39 is 0 Å². The molecule has 2 unspecified atom stereocenters. The van der Waals surface area contributed by atoms with Gasteiger partial charge < -0.3 is 10.2 Å². The molecular weight excluding hydrogens is 266 g/mol. The van der Waals surface area contributed by atoms with Crippen LogP contribution in [0.1, 0.15) is 53.9 Å². The van der Waals surface area contributed by atoms with Crippen molar-refractivity contribution >= 4 is 11.8 Å². The SMILES string of the molecule is CCC(CC)N1C(=O)CC(NC(C)CN(CC)CC)C1=O. The van der Waals surface area contributed by atoms with Gasteiger partial charge in [0.15, 0.2) is 0 Å². The molecule has 0 radical (unpaired) electrons. The van der Waals surface area contributed by atoms with Gasteiger partial charge in [-0.05, 0) is 32.9 Å². The number of hydrogen-bond acceptors (Lipinski definition) is 4. The molecule has 1 rings (SSSR count). The molecular formula is C16H31N3O2. The second-order valence-corrected chi connectivity index (χ2v) is 5.88. The van der Waals surface area contributed by atoms with Crippen molar-refractivity contribution < 1.29 is 9.59 Å². The summed E-state index contributed by atoms with van der Waals surface area (Å²) in [5.74, 6) is -0.0682. The van der Waals surface area contributed by atoms with Gasteiger partial charge in [-0.1, -0.05) is 27.7 Å². The minimum absolute atomic E-state index is 0.0266. The Labute approximate surface area is 129 Å². The van der Waals surface area contributed by atoms with Crippen LogP contribution in [0, 0.1) is 0 Å². The van der Waals surface area contributed by atoms with Crippen molar-refractivity contribution in [1.29, 1.82) is 0 Å². The molecule has 0 aromatic heterocycles. The number of nitrogens with one attached hydrogen (secondary N) is 1. The van der Waals surface area contributed by atoms with Crippen LogP contribution in [-0.4, -0.2) is 59.4 Å². The van der Waals surface area contributed by atoms with E-state index in [1.54, 1.807) is 0 Å². The van der Waals surface area contributed by atoms with Gasteiger partial charge in [0, 0.05) is 18.6 Å². The molecule has 2 amide bonds. The quantitative estimate of drug-likeness (QED) is 0.657. The second-order valence-electron chi connectivity index (χ2n) is 5.88. The minimum Gasteiger partial charge on any atom is -0.302 e. The van der Waals surface area contributed by atoms with Gasteiger partial charge in [0.1, 0.15) is 0 Å². The molecule has 122 valence electrons. The van der Waals surface area contributed by atoms with Crippen LogP contribution >= 0.6 is 0 Å². The number of carbonyl (C=O) groups is 2. The molecule has 21 heavy (non-hydrogen) atoms. The Morgan fingerprint density at radius 2 is 1.76 bits per heavy atom. The van der Waals surface area contributed by atoms with Crippen molar-refractivity contribution in [1.82, 2.24) is 15.1 Å². The van der Waals surface area contributed by atoms with Crippen molar-refractivity contribution in [2.45, 2.75) is 72.0 Å². The Hall–Kier alpha value is -0.940. The molecule has 0 bridgehead atoms. The summed E-state index contributed by atoms with van der Waals surface area (Å²) in [6, 6.07) is -0.0909. The van der Waals surface area contributed by atoms with E-state index >= 15 is 0 Å². The first-order valence-corrected chi connectivity index (χ1v) is 8.32. The lowest BCUT2D eigenvalue weighted by Crippen LogP contribution is -2.48. The summed E-state index contributed by atoms with van der Waals surface area (Å²) in [7, 11) is 0. The molecule has 0 aromatic rings. The number of carbonyl (C=O) groups excluding carboxylic acids is 2. The highest BCUT2D eigenvalue weighted by atomic mass is 16.2. The molecule has 1 aliphatic rings. The first-order valence-electron chi connectivity index (χ1n) is 8.32. The summed E-state index contributed by atoms with van der Waals surface area (Å²) in [6.07, 6.45) is 1.96. The Kier molecular flexibility index (Phi) is 7.32. The van der Waals surface area contributed by atoms with E-state index in [0.717, 1.165) is 32.5 Å². The first-order chi connectivity index (χ1) is 9.98. The fourth-order valence-corrected chi connectivity index (χ4v) is 3.08. The molecule has 5 heteroatoms. The van der Waals surface area contributed by atoms with Crippen LogP contribution in [0.15, 0.2) is 0 Å². The summed E-state index contributed by atoms with van der Waals surface area (Å²) < 4.78 is 0. The summed E-state index contributed by atoms with van der Waals surface area (Å²) in [4.78, 5) is 28.4. The molecule has 0 aliphatic carbocycles. The maximum atomic E-state index is 12.5. The summed E-state index contributed by atoms with van der Waals surface area (Å²) in [5, 5.41) is 3.34. The zero-order valence-electron chi connectivity index (χ0n) is 14.2. The molecule has 1 aliphatic heterocycles. The Bertz CT molecular complexity index is 351. The molecule has 0 spiro atoms. The highest BCUT2D eigenvalue weighted by Gasteiger charge is 2.41. The van der Waals surface area contributed by atoms with E-state index in [4.69, 9.17) is 0 Å². The van der Waals surface area contributed by atoms with Gasteiger partial charge in [-0.2, -0.15) is 0 Å². The van der Waals surface area contributed by atoms with Gasteiger partial charge in [-0.25, -0.2) is 0 Å². The monoisotopic (exact) mass is 297 g/mol. The van der Waals surface area contributed by atoms with Gasteiger partial charge in [0.05, 0.1) is 12.5 Å². The smallest absolute Gasteiger partial charge is 0.247 e. The van der Waals surface area contributed by atoms with Crippen LogP contribution in [0.5, 0.6) is 0 Å². The van der Waals surface area contributed by atoms with E-state index in [9.17, 15) is 9.59 Å². The predicted octanol–water partition coefficient (Wildman–Crippen LogP) is 1.62. The van der Waals surface area contributed by atoms with Crippen LogP contribution < -0.4 is 5.32 Å². The number of hydrogen-bond donors (Lipinski definition) is 1. The Balaban J connectivity index is 2.61. The number of imide groups is 1. The van der Waals surface area contributed by atoms with Gasteiger partial charge >= 0.3 is 0 Å². The molecule has 2 atom stereocenters. The third-order valence-electron chi connectivity index (χ3n) is 4.40. The lowest BCUT2D eigenvalue weighted by Gasteiger charge is -2.27. The van der Waals surface area contributed by atoms with E-state index in [1.165, 1.54) is 4.90 Å². The van der Waals surface area contributed by atoms with Gasteiger partial charge in [-0.15, -0.1) is 0 Å². The molecule has 1 heterocycles. The number of nitrogens with zero attached hydrogens (tertiary/aromatic N) is 2. The molecule has 1 saturated heterocycles. The number of rotatable bonds is 9. The topological polar surface area (TPSA) is 52.7 Å². The third kappa shape index (κ3) is 4.51. The van der Waals surface area contributed by atoms with E-state index in [2.05, 4.69) is 31.0 Å². The molecule has 0 aromatic carbocycles. The Morgan fingerprint density at radius 3 is 2.24 bits per heavy atom. The maximum Gasteiger partial charge on any atom is 0.247 e. The molecule has 5 nitrogen and oxygen atoms in total. The molecule has 1 fully saturated rings. The van der Waals surface area contributed by atoms with Crippen molar-refractivity contribution in [2.75, 3.05) is 19.6 Å². The zero-order valence-corrected chi connectivity index (χ0v) is 14.2. The normalized spacial score (nSPS) is 20.9. The minimum atomic E-state index is -0.344. The van der Waals surface area contributed by atoms with E-state index in [-0.39, 0.29) is 29.9 Å². The van der Waals surface area contributed by atoms with Crippen LogP contribution in [0.25, 0.3) is 0 Å². The lowest BCUT2D eigenvalue weighted by atomic mass is 10.1.